The minimum atomic E-state index is -3.43. The van der Waals surface area contributed by atoms with Crippen LogP contribution < -0.4 is 5.32 Å². The first-order valence-corrected chi connectivity index (χ1v) is 9.58. The Morgan fingerprint density at radius 2 is 2.29 bits per heavy atom. The van der Waals surface area contributed by atoms with Crippen molar-refractivity contribution >= 4 is 21.4 Å². The lowest BCUT2D eigenvalue weighted by Crippen LogP contribution is -2.37. The fourth-order valence-corrected chi connectivity index (χ4v) is 5.36. The van der Waals surface area contributed by atoms with Crippen LogP contribution in [0.5, 0.6) is 0 Å². The molecule has 1 aliphatic heterocycles. The van der Waals surface area contributed by atoms with Gasteiger partial charge in [-0.3, -0.25) is 0 Å². The monoisotopic (exact) mass is 332 g/mol. The van der Waals surface area contributed by atoms with E-state index in [-0.39, 0.29) is 6.04 Å². The van der Waals surface area contributed by atoms with Gasteiger partial charge in [-0.2, -0.15) is 4.31 Å². The molecule has 2 rings (SSSR count). The van der Waals surface area contributed by atoms with Gasteiger partial charge in [0.15, 0.2) is 0 Å². The quantitative estimate of drug-likeness (QED) is 0.776. The Morgan fingerprint density at radius 3 is 2.90 bits per heavy atom. The normalized spacial score (nSPS) is 19.5. The minimum Gasteiger partial charge on any atom is -0.380 e. The van der Waals surface area contributed by atoms with E-state index in [1.807, 2.05) is 13.0 Å². The third kappa shape index (κ3) is 3.84. The van der Waals surface area contributed by atoms with Gasteiger partial charge in [0.25, 0.3) is 0 Å². The molecule has 7 heteroatoms. The van der Waals surface area contributed by atoms with Crippen LogP contribution in [0.2, 0.25) is 0 Å². The van der Waals surface area contributed by atoms with E-state index < -0.39 is 10.0 Å². The molecule has 1 fully saturated rings. The highest BCUT2D eigenvalue weighted by Crippen LogP contribution is 2.29. The maximum atomic E-state index is 12.7. The van der Waals surface area contributed by atoms with Gasteiger partial charge in [0.2, 0.25) is 10.0 Å². The molecule has 1 N–H and O–H groups in total. The van der Waals surface area contributed by atoms with Crippen molar-refractivity contribution < 1.29 is 13.2 Å². The van der Waals surface area contributed by atoms with Gasteiger partial charge in [0.1, 0.15) is 0 Å². The van der Waals surface area contributed by atoms with Crippen LogP contribution in [-0.2, 0) is 21.3 Å². The van der Waals surface area contributed by atoms with Crippen molar-refractivity contribution in [2.24, 2.45) is 0 Å². The van der Waals surface area contributed by atoms with Crippen molar-refractivity contribution in [3.63, 3.8) is 0 Å². The van der Waals surface area contributed by atoms with Crippen molar-refractivity contribution in [2.45, 2.75) is 44.2 Å². The number of hydrogen-bond acceptors (Lipinski definition) is 5. The van der Waals surface area contributed by atoms with Crippen molar-refractivity contribution in [1.29, 1.82) is 0 Å². The second kappa shape index (κ2) is 7.19. The molecule has 1 saturated heterocycles. The molecule has 1 aromatic heterocycles. The molecule has 0 saturated carbocycles. The Hall–Kier alpha value is -0.470. The van der Waals surface area contributed by atoms with Crippen LogP contribution in [0.1, 0.15) is 29.5 Å². The van der Waals surface area contributed by atoms with Crippen molar-refractivity contribution in [2.75, 3.05) is 26.8 Å². The zero-order valence-electron chi connectivity index (χ0n) is 12.9. The lowest BCUT2D eigenvalue weighted by Gasteiger charge is -2.22. The van der Waals surface area contributed by atoms with Crippen LogP contribution in [0.25, 0.3) is 0 Å². The highest BCUT2D eigenvalue weighted by Gasteiger charge is 2.32. The first-order chi connectivity index (χ1) is 9.96. The first kappa shape index (κ1) is 16.9. The van der Waals surface area contributed by atoms with Crippen molar-refractivity contribution in [1.82, 2.24) is 9.62 Å². The topological polar surface area (TPSA) is 58.6 Å². The van der Waals surface area contributed by atoms with Gasteiger partial charge in [-0.25, -0.2) is 8.42 Å². The first-order valence-electron chi connectivity index (χ1n) is 7.32. The molecule has 1 aromatic rings. The summed E-state index contributed by atoms with van der Waals surface area (Å²) >= 11 is 1.55. The molecule has 0 aromatic carbocycles. The van der Waals surface area contributed by atoms with Gasteiger partial charge >= 0.3 is 0 Å². The van der Waals surface area contributed by atoms with Gasteiger partial charge in [-0.1, -0.05) is 6.92 Å². The SMILES string of the molecule is CCCNCc1cc(S(=O)(=O)N(C)C2CCOC2)c(C)s1. The molecule has 2 heterocycles. The number of likely N-dealkylation sites (N-methyl/N-ethyl adjacent to an activating group) is 1. The number of sulfonamides is 1. The van der Waals surface area contributed by atoms with Crippen molar-refractivity contribution in [3.8, 4) is 0 Å². The maximum absolute atomic E-state index is 12.7. The Morgan fingerprint density at radius 1 is 1.52 bits per heavy atom. The summed E-state index contributed by atoms with van der Waals surface area (Å²) in [5.74, 6) is 0. The number of nitrogens with one attached hydrogen (secondary N) is 1. The molecule has 0 spiro atoms. The van der Waals surface area contributed by atoms with E-state index >= 15 is 0 Å². The smallest absolute Gasteiger partial charge is 0.244 e. The summed E-state index contributed by atoms with van der Waals surface area (Å²) in [7, 11) is -1.77. The standard InChI is InChI=1S/C14H24N2O3S2/c1-4-6-15-9-13-8-14(11(2)20-13)21(17,18)16(3)12-5-7-19-10-12/h8,12,15H,4-7,9-10H2,1-3H3. The van der Waals surface area contributed by atoms with Crippen LogP contribution in [0.15, 0.2) is 11.0 Å². The van der Waals surface area contributed by atoms with E-state index in [1.165, 1.54) is 4.31 Å². The Balaban J connectivity index is 2.15. The van der Waals surface area contributed by atoms with Gasteiger partial charge in [0, 0.05) is 30.0 Å². The van der Waals surface area contributed by atoms with Gasteiger partial charge in [0.05, 0.1) is 17.5 Å². The Bertz CT molecular complexity index is 563. The number of aryl methyl sites for hydroxylation is 1. The molecule has 0 amide bonds. The van der Waals surface area contributed by atoms with Crippen LogP contribution in [0.4, 0.5) is 0 Å². The van der Waals surface area contributed by atoms with Gasteiger partial charge in [-0.15, -0.1) is 11.3 Å². The molecule has 120 valence electrons. The third-order valence-electron chi connectivity index (χ3n) is 3.73. The summed E-state index contributed by atoms with van der Waals surface area (Å²) in [5.41, 5.74) is 0. The molecule has 0 radical (unpaired) electrons. The summed E-state index contributed by atoms with van der Waals surface area (Å²) in [4.78, 5) is 2.36. The zero-order chi connectivity index (χ0) is 15.5. The highest BCUT2D eigenvalue weighted by molar-refractivity contribution is 7.89. The Kier molecular flexibility index (Phi) is 5.79. The number of thiophene rings is 1. The molecule has 1 unspecified atom stereocenters. The fraction of sp³-hybridized carbons (Fsp3) is 0.714. The number of hydrogen-bond donors (Lipinski definition) is 1. The summed E-state index contributed by atoms with van der Waals surface area (Å²) < 4.78 is 32.2. The van der Waals surface area contributed by atoms with Gasteiger partial charge < -0.3 is 10.1 Å². The number of ether oxygens (including phenoxy) is 1. The highest BCUT2D eigenvalue weighted by atomic mass is 32.2. The lowest BCUT2D eigenvalue weighted by molar-refractivity contribution is 0.181. The lowest BCUT2D eigenvalue weighted by atomic mass is 10.3. The summed E-state index contributed by atoms with van der Waals surface area (Å²) in [6.45, 7) is 6.79. The summed E-state index contributed by atoms with van der Waals surface area (Å²) in [6.07, 6.45) is 1.84. The molecule has 1 aliphatic rings. The Labute approximate surface area is 131 Å². The second-order valence-electron chi connectivity index (χ2n) is 5.35. The third-order valence-corrected chi connectivity index (χ3v) is 6.94. The van der Waals surface area contributed by atoms with E-state index in [9.17, 15) is 8.42 Å². The predicted octanol–water partition coefficient (Wildman–Crippen LogP) is 1.97. The molecule has 1 atom stereocenters. The number of rotatable bonds is 7. The molecule has 5 nitrogen and oxygen atoms in total. The van der Waals surface area contributed by atoms with E-state index in [2.05, 4.69) is 12.2 Å². The van der Waals surface area contributed by atoms with Crippen LogP contribution in [-0.4, -0.2) is 45.6 Å². The average molecular weight is 332 g/mol. The average Bonchev–Trinajstić information content (AvgIpc) is 3.08. The van der Waals surface area contributed by atoms with Crippen molar-refractivity contribution in [3.05, 3.63) is 15.8 Å². The maximum Gasteiger partial charge on any atom is 0.244 e. The molecule has 21 heavy (non-hydrogen) atoms. The van der Waals surface area contributed by atoms with E-state index in [1.54, 1.807) is 18.4 Å². The van der Waals surface area contributed by atoms with E-state index in [0.29, 0.717) is 18.1 Å². The molecule has 0 aliphatic carbocycles. The van der Waals surface area contributed by atoms with Crippen LogP contribution in [0, 0.1) is 6.92 Å². The van der Waals surface area contributed by atoms with E-state index in [0.717, 1.165) is 35.7 Å². The zero-order valence-corrected chi connectivity index (χ0v) is 14.5. The van der Waals surface area contributed by atoms with Gasteiger partial charge in [-0.05, 0) is 32.4 Å². The molecular formula is C14H24N2O3S2. The molecular weight excluding hydrogens is 308 g/mol. The molecule has 0 bridgehead atoms. The fourth-order valence-electron chi connectivity index (χ4n) is 2.42. The minimum absolute atomic E-state index is 0.0454. The number of nitrogens with zero attached hydrogens (tertiary/aromatic N) is 1. The summed E-state index contributed by atoms with van der Waals surface area (Å²) in [5, 5.41) is 3.31. The van der Waals surface area contributed by atoms with Crippen LogP contribution in [0.3, 0.4) is 0 Å². The largest absolute Gasteiger partial charge is 0.380 e. The van der Waals surface area contributed by atoms with Crippen LogP contribution >= 0.6 is 11.3 Å². The second-order valence-corrected chi connectivity index (χ2v) is 8.66. The van der Waals surface area contributed by atoms with E-state index in [4.69, 9.17) is 4.74 Å². The predicted molar refractivity (Wildman–Crippen MR) is 85.2 cm³/mol. The summed E-state index contributed by atoms with van der Waals surface area (Å²) in [6, 6.07) is 1.76.